The third kappa shape index (κ3) is 1.69. The number of unbranched alkanes of at least 4 members (excludes halogenated alkanes) is 1. The Bertz CT molecular complexity index is 754. The average Bonchev–Trinajstić information content (AvgIpc) is 2.99. The van der Waals surface area contributed by atoms with Gasteiger partial charge in [0, 0.05) is 6.07 Å². The topological polar surface area (TPSA) is 200 Å². The fourth-order valence-electron chi connectivity index (χ4n) is 4.95. The van der Waals surface area contributed by atoms with E-state index in [0.717, 1.165) is 12.8 Å². The summed E-state index contributed by atoms with van der Waals surface area (Å²) in [6.07, 6.45) is 1.86. The van der Waals surface area contributed by atoms with Gasteiger partial charge in [0.25, 0.3) is 0 Å². The van der Waals surface area contributed by atoms with E-state index in [1.807, 2.05) is 0 Å². The van der Waals surface area contributed by atoms with Crippen LogP contribution in [0.25, 0.3) is 0 Å². The molecular formula is C16H30N8O2. The third-order valence-corrected chi connectivity index (χ3v) is 6.98. The SMILES string of the molecule is CCCCNC1(N)C2(C)C(N)(N)c3c(ccc(ON)c3N)[N+](N)([O-])C12C. The molecule has 13 N–H and O–H groups in total. The van der Waals surface area contributed by atoms with Crippen LogP contribution in [0.15, 0.2) is 12.1 Å². The zero-order valence-corrected chi connectivity index (χ0v) is 15.5. The molecule has 1 fully saturated rings. The molecule has 1 heterocycles. The number of quaternary nitrogens is 1. The van der Waals surface area contributed by atoms with Gasteiger partial charge in [0.15, 0.2) is 17.0 Å². The quantitative estimate of drug-likeness (QED) is 0.0656. The van der Waals surface area contributed by atoms with Crippen molar-refractivity contribution in [1.29, 1.82) is 0 Å². The van der Waals surface area contributed by atoms with E-state index in [-0.39, 0.29) is 22.7 Å². The summed E-state index contributed by atoms with van der Waals surface area (Å²) < 4.78 is -1.25. The van der Waals surface area contributed by atoms with Gasteiger partial charge in [-0.2, -0.15) is 11.7 Å². The van der Waals surface area contributed by atoms with Gasteiger partial charge in [0.05, 0.1) is 11.3 Å². The Labute approximate surface area is 152 Å². The number of rotatable bonds is 5. The minimum Gasteiger partial charge on any atom is -0.606 e. The lowest BCUT2D eigenvalue weighted by atomic mass is 9.76. The van der Waals surface area contributed by atoms with Gasteiger partial charge in [0.1, 0.15) is 16.7 Å². The molecule has 0 radical (unpaired) electrons. The molecule has 4 unspecified atom stereocenters. The number of nitrogen functional groups attached to an aromatic ring is 1. The van der Waals surface area contributed by atoms with Crippen molar-refractivity contribution in [2.75, 3.05) is 12.3 Å². The summed E-state index contributed by atoms with van der Waals surface area (Å²) in [6, 6.07) is 2.96. The zero-order valence-electron chi connectivity index (χ0n) is 15.5. The Morgan fingerprint density at radius 3 is 2.38 bits per heavy atom. The molecule has 10 heteroatoms. The molecule has 4 atom stereocenters. The second-order valence-electron chi connectivity index (χ2n) is 7.80. The molecule has 2 aliphatic rings. The van der Waals surface area contributed by atoms with Crippen molar-refractivity contribution in [1.82, 2.24) is 10.1 Å². The molecule has 1 aromatic rings. The van der Waals surface area contributed by atoms with Gasteiger partial charge >= 0.3 is 0 Å². The highest BCUT2D eigenvalue weighted by atomic mass is 16.6. The monoisotopic (exact) mass is 366 g/mol. The summed E-state index contributed by atoms with van der Waals surface area (Å²) in [5.74, 6) is 11.7. The van der Waals surface area contributed by atoms with Crippen LogP contribution in [-0.4, -0.2) is 17.7 Å². The van der Waals surface area contributed by atoms with Gasteiger partial charge in [-0.3, -0.25) is 5.32 Å². The smallest absolute Gasteiger partial charge is 0.170 e. The van der Waals surface area contributed by atoms with E-state index in [9.17, 15) is 5.21 Å². The van der Waals surface area contributed by atoms with Gasteiger partial charge in [0.2, 0.25) is 0 Å². The minimum atomic E-state index is -1.53. The lowest BCUT2D eigenvalue weighted by molar-refractivity contribution is 0.131. The van der Waals surface area contributed by atoms with Crippen LogP contribution in [0.3, 0.4) is 0 Å². The van der Waals surface area contributed by atoms with Gasteiger partial charge in [-0.25, -0.2) is 4.76 Å². The second-order valence-corrected chi connectivity index (χ2v) is 7.80. The maximum absolute atomic E-state index is 13.7. The van der Waals surface area contributed by atoms with Crippen LogP contribution in [0.4, 0.5) is 11.4 Å². The Kier molecular flexibility index (Phi) is 3.91. The number of nitrogens with one attached hydrogen (secondary N) is 1. The molecule has 3 rings (SSSR count). The number of fused-ring (bicyclic) bond motifs is 2. The Morgan fingerprint density at radius 1 is 1.23 bits per heavy atom. The Hall–Kier alpha value is -1.50. The van der Waals surface area contributed by atoms with Crippen LogP contribution in [0.2, 0.25) is 0 Å². The first-order chi connectivity index (χ1) is 11.9. The Balaban J connectivity index is 2.25. The highest BCUT2D eigenvalue weighted by Gasteiger charge is 2.96. The summed E-state index contributed by atoms with van der Waals surface area (Å²) in [4.78, 5) is 4.78. The lowest BCUT2D eigenvalue weighted by Crippen LogP contribution is -2.71. The van der Waals surface area contributed by atoms with E-state index < -0.39 is 27.0 Å². The van der Waals surface area contributed by atoms with Crippen molar-refractivity contribution in [2.45, 2.75) is 50.5 Å². The molecule has 1 aliphatic carbocycles. The largest absolute Gasteiger partial charge is 0.606 e. The summed E-state index contributed by atoms with van der Waals surface area (Å²) in [5.41, 5.74) is 21.5. The van der Waals surface area contributed by atoms with Crippen LogP contribution in [0.1, 0.15) is 39.2 Å². The number of hydrogen-bond acceptors (Lipinski definition) is 9. The summed E-state index contributed by atoms with van der Waals surface area (Å²) in [6.45, 7) is 6.14. The van der Waals surface area contributed by atoms with E-state index in [1.54, 1.807) is 13.8 Å². The molecule has 0 saturated heterocycles. The summed E-state index contributed by atoms with van der Waals surface area (Å²) in [5, 5.41) is 17.0. The molecule has 1 saturated carbocycles. The minimum absolute atomic E-state index is 0.0879. The first-order valence-corrected chi connectivity index (χ1v) is 8.70. The zero-order chi connectivity index (χ0) is 19.8. The fraction of sp³-hybridized carbons (Fsp3) is 0.625. The molecule has 0 amide bonds. The standard InChI is InChI=1S/C16H30N8O2/c1-4-5-8-23-16(20)13(2)14(16,3)24(21,25)9-6-7-10(26-22)12(17)11(9)15(13,18)19/h6-7,23H,4-5,8,17-22H2,1-3H3. The van der Waals surface area contributed by atoms with E-state index in [1.165, 1.54) is 12.1 Å². The van der Waals surface area contributed by atoms with Crippen LogP contribution in [-0.2, 0) is 5.66 Å². The molecule has 0 bridgehead atoms. The molecule has 0 spiro atoms. The van der Waals surface area contributed by atoms with Crippen LogP contribution in [0.5, 0.6) is 5.75 Å². The van der Waals surface area contributed by atoms with Crippen molar-refractivity contribution in [3.8, 4) is 5.75 Å². The van der Waals surface area contributed by atoms with Crippen LogP contribution in [0, 0.1) is 10.6 Å². The first-order valence-electron chi connectivity index (χ1n) is 8.70. The molecule has 10 nitrogen and oxygen atoms in total. The van der Waals surface area contributed by atoms with Gasteiger partial charge in [-0.05, 0) is 32.9 Å². The van der Waals surface area contributed by atoms with Crippen LogP contribution >= 0.6 is 0 Å². The van der Waals surface area contributed by atoms with Gasteiger partial charge in [-0.15, -0.1) is 0 Å². The predicted molar refractivity (Wildman–Crippen MR) is 101 cm³/mol. The fourth-order valence-corrected chi connectivity index (χ4v) is 4.95. The number of hydroxylamine groups is 1. The number of anilines is 1. The first kappa shape index (κ1) is 19.3. The number of nitrogens with two attached hydrogens (primary N) is 6. The normalized spacial score (nSPS) is 39.9. The van der Waals surface area contributed by atoms with Crippen LogP contribution < -0.4 is 49.6 Å². The molecule has 26 heavy (non-hydrogen) atoms. The van der Waals surface area contributed by atoms with Gasteiger partial charge in [-0.1, -0.05) is 13.3 Å². The van der Waals surface area contributed by atoms with Crippen molar-refractivity contribution in [3.05, 3.63) is 22.9 Å². The Morgan fingerprint density at radius 2 is 1.85 bits per heavy atom. The number of nitrogens with zero attached hydrogens (tertiary/aromatic N) is 1. The molecule has 1 aromatic carbocycles. The molecule has 146 valence electrons. The highest BCUT2D eigenvalue weighted by Crippen LogP contribution is 2.76. The third-order valence-electron chi connectivity index (χ3n) is 6.98. The molecule has 1 aliphatic heterocycles. The average molecular weight is 366 g/mol. The van der Waals surface area contributed by atoms with E-state index in [0.29, 0.717) is 6.54 Å². The van der Waals surface area contributed by atoms with Crippen molar-refractivity contribution in [2.24, 2.45) is 34.4 Å². The maximum atomic E-state index is 13.7. The summed E-state index contributed by atoms with van der Waals surface area (Å²) in [7, 11) is 0. The van der Waals surface area contributed by atoms with Crippen molar-refractivity contribution in [3.63, 3.8) is 0 Å². The highest BCUT2D eigenvalue weighted by molar-refractivity contribution is 5.77. The number of benzene rings is 1. The lowest BCUT2D eigenvalue weighted by Gasteiger charge is -2.52. The molecular weight excluding hydrogens is 336 g/mol. The summed E-state index contributed by atoms with van der Waals surface area (Å²) >= 11 is 0. The van der Waals surface area contributed by atoms with E-state index >= 15 is 0 Å². The number of hydrogen-bond donors (Lipinski definition) is 7. The predicted octanol–water partition coefficient (Wildman–Crippen LogP) is -0.893. The van der Waals surface area contributed by atoms with Crippen molar-refractivity contribution < 1.29 is 4.84 Å². The maximum Gasteiger partial charge on any atom is 0.170 e. The molecule has 0 aromatic heterocycles. The van der Waals surface area contributed by atoms with Gasteiger partial charge < -0.3 is 33.0 Å². The second kappa shape index (κ2) is 5.27. The van der Waals surface area contributed by atoms with E-state index in [4.69, 9.17) is 39.5 Å². The van der Waals surface area contributed by atoms with Crippen molar-refractivity contribution >= 4 is 11.4 Å². The van der Waals surface area contributed by atoms with E-state index in [2.05, 4.69) is 12.2 Å².